The van der Waals surface area contributed by atoms with Gasteiger partial charge >= 0.3 is 0 Å². The van der Waals surface area contributed by atoms with Gasteiger partial charge in [0.25, 0.3) is 6.08 Å². The van der Waals surface area contributed by atoms with Gasteiger partial charge < -0.3 is 0 Å². The average molecular weight is 294 g/mol. The first-order valence-electron chi connectivity index (χ1n) is 5.34. The molecule has 1 aliphatic carbocycles. The lowest BCUT2D eigenvalue weighted by Gasteiger charge is -1.92. The largest absolute Gasteiger partial charge is 0.266 e. The molecule has 0 aromatic carbocycles. The van der Waals surface area contributed by atoms with Crippen LogP contribution in [0.25, 0.3) is 0 Å². The molecule has 2 rings (SSSR count). The fourth-order valence-corrected chi connectivity index (χ4v) is 4.29. The zero-order chi connectivity index (χ0) is 12.1. The first-order valence-corrected chi connectivity index (χ1v) is 8.13. The first kappa shape index (κ1) is 13.3. The molecule has 1 fully saturated rings. The SMILES string of the molecule is FC(F)=CCCSc1nnc(SCC2CC2)s1. The van der Waals surface area contributed by atoms with Crippen molar-refractivity contribution in [2.24, 2.45) is 5.92 Å². The minimum atomic E-state index is -1.61. The van der Waals surface area contributed by atoms with E-state index in [0.717, 1.165) is 26.4 Å². The summed E-state index contributed by atoms with van der Waals surface area (Å²) in [5.74, 6) is 2.63. The molecule has 0 saturated heterocycles. The van der Waals surface area contributed by atoms with E-state index in [1.807, 2.05) is 0 Å². The van der Waals surface area contributed by atoms with E-state index >= 15 is 0 Å². The third-order valence-electron chi connectivity index (χ3n) is 2.17. The number of nitrogens with zero attached hydrogens (tertiary/aromatic N) is 2. The lowest BCUT2D eigenvalue weighted by molar-refractivity contribution is 0.418. The summed E-state index contributed by atoms with van der Waals surface area (Å²) in [6.45, 7) is 0. The van der Waals surface area contributed by atoms with Crippen LogP contribution in [0, 0.1) is 5.92 Å². The second kappa shape index (κ2) is 6.70. The summed E-state index contributed by atoms with van der Waals surface area (Å²) in [6.07, 6.45) is 2.39. The Bertz CT molecular complexity index is 387. The Morgan fingerprint density at radius 1 is 1.29 bits per heavy atom. The highest BCUT2D eigenvalue weighted by atomic mass is 32.2. The van der Waals surface area contributed by atoms with E-state index in [1.54, 1.807) is 23.1 Å². The van der Waals surface area contributed by atoms with Crippen LogP contribution in [-0.4, -0.2) is 21.7 Å². The average Bonchev–Trinajstić information content (AvgIpc) is 3.01. The van der Waals surface area contributed by atoms with Gasteiger partial charge in [0.15, 0.2) is 8.68 Å². The van der Waals surface area contributed by atoms with Crippen LogP contribution in [0.1, 0.15) is 19.3 Å². The lowest BCUT2D eigenvalue weighted by atomic mass is 10.5. The van der Waals surface area contributed by atoms with E-state index in [-0.39, 0.29) is 0 Å². The summed E-state index contributed by atoms with van der Waals surface area (Å²) in [6, 6.07) is 0. The molecule has 94 valence electrons. The molecular weight excluding hydrogens is 282 g/mol. The Kier molecular flexibility index (Phi) is 5.24. The topological polar surface area (TPSA) is 25.8 Å². The van der Waals surface area contributed by atoms with Gasteiger partial charge in [0.1, 0.15) is 0 Å². The Morgan fingerprint density at radius 3 is 2.65 bits per heavy atom. The summed E-state index contributed by atoms with van der Waals surface area (Å²) >= 11 is 4.80. The number of thioether (sulfide) groups is 2. The van der Waals surface area contributed by atoms with Gasteiger partial charge in [0.2, 0.25) is 0 Å². The summed E-state index contributed by atoms with van der Waals surface area (Å²) in [4.78, 5) is 0. The van der Waals surface area contributed by atoms with Gasteiger partial charge in [-0.05, 0) is 31.3 Å². The van der Waals surface area contributed by atoms with Gasteiger partial charge in [-0.25, -0.2) is 0 Å². The van der Waals surface area contributed by atoms with Crippen LogP contribution in [0.15, 0.2) is 20.8 Å². The van der Waals surface area contributed by atoms with E-state index < -0.39 is 6.08 Å². The van der Waals surface area contributed by atoms with Gasteiger partial charge in [-0.1, -0.05) is 34.9 Å². The molecule has 0 unspecified atom stereocenters. The third-order valence-corrected chi connectivity index (χ3v) is 5.62. The zero-order valence-corrected chi connectivity index (χ0v) is 11.5. The smallest absolute Gasteiger partial charge is 0.174 e. The van der Waals surface area contributed by atoms with E-state index in [4.69, 9.17) is 0 Å². The Balaban J connectivity index is 1.67. The molecule has 1 aromatic heterocycles. The summed E-state index contributed by atoms with van der Waals surface area (Å²) < 4.78 is 25.4. The molecule has 0 spiro atoms. The van der Waals surface area contributed by atoms with E-state index in [0.29, 0.717) is 12.2 Å². The lowest BCUT2D eigenvalue weighted by Crippen LogP contribution is -1.79. The van der Waals surface area contributed by atoms with Crippen LogP contribution in [-0.2, 0) is 0 Å². The molecule has 0 aliphatic heterocycles. The number of aromatic nitrogens is 2. The first-order chi connectivity index (χ1) is 8.24. The maximum Gasteiger partial charge on any atom is 0.266 e. The molecule has 0 bridgehead atoms. The fourth-order valence-electron chi connectivity index (χ4n) is 1.10. The highest BCUT2D eigenvalue weighted by molar-refractivity contribution is 8.03. The van der Waals surface area contributed by atoms with Gasteiger partial charge in [0, 0.05) is 11.5 Å². The minimum absolute atomic E-state index is 0.372. The van der Waals surface area contributed by atoms with Gasteiger partial charge in [-0.2, -0.15) is 8.78 Å². The molecule has 0 radical (unpaired) electrons. The molecule has 0 N–H and O–H groups in total. The molecule has 7 heteroatoms. The molecular formula is C10H12F2N2S3. The van der Waals surface area contributed by atoms with Crippen LogP contribution in [0.2, 0.25) is 0 Å². The Hall–Kier alpha value is -0.140. The highest BCUT2D eigenvalue weighted by Crippen LogP contribution is 2.37. The normalized spacial score (nSPS) is 14.9. The summed E-state index contributed by atoms with van der Waals surface area (Å²) in [7, 11) is 0. The Labute approximate surface area is 111 Å². The molecule has 17 heavy (non-hydrogen) atoms. The van der Waals surface area contributed by atoms with Crippen molar-refractivity contribution in [1.29, 1.82) is 0 Å². The van der Waals surface area contributed by atoms with Crippen molar-refractivity contribution in [3.05, 3.63) is 12.2 Å². The van der Waals surface area contributed by atoms with Gasteiger partial charge in [-0.15, -0.1) is 10.2 Å². The van der Waals surface area contributed by atoms with Crippen molar-refractivity contribution >= 4 is 34.9 Å². The highest BCUT2D eigenvalue weighted by Gasteiger charge is 2.21. The van der Waals surface area contributed by atoms with E-state index in [1.165, 1.54) is 24.6 Å². The standard InChI is InChI=1S/C10H12F2N2S3/c11-8(12)2-1-5-15-9-13-14-10(17-9)16-6-7-3-4-7/h2,7H,1,3-6H2. The number of rotatable bonds is 7. The van der Waals surface area contributed by atoms with Gasteiger partial charge in [-0.3, -0.25) is 0 Å². The maximum atomic E-state index is 11.8. The molecule has 1 saturated carbocycles. The number of hydrogen-bond acceptors (Lipinski definition) is 5. The predicted octanol–water partition coefficient (Wildman–Crippen LogP) is 4.30. The second-order valence-corrected chi connectivity index (χ2v) is 7.31. The molecule has 0 amide bonds. The molecule has 0 atom stereocenters. The minimum Gasteiger partial charge on any atom is -0.174 e. The summed E-state index contributed by atoms with van der Waals surface area (Å²) in [5, 5.41) is 8.11. The van der Waals surface area contributed by atoms with Crippen molar-refractivity contribution in [2.75, 3.05) is 11.5 Å². The molecule has 1 aromatic rings. The van der Waals surface area contributed by atoms with E-state index in [2.05, 4.69) is 10.2 Å². The molecule has 2 nitrogen and oxygen atoms in total. The van der Waals surface area contributed by atoms with Gasteiger partial charge in [0.05, 0.1) is 0 Å². The Morgan fingerprint density at radius 2 is 2.00 bits per heavy atom. The van der Waals surface area contributed by atoms with Crippen LogP contribution in [0.5, 0.6) is 0 Å². The van der Waals surface area contributed by atoms with Crippen LogP contribution >= 0.6 is 34.9 Å². The predicted molar refractivity (Wildman–Crippen MR) is 69.0 cm³/mol. The quantitative estimate of drug-likeness (QED) is 0.553. The van der Waals surface area contributed by atoms with Crippen molar-refractivity contribution < 1.29 is 8.78 Å². The van der Waals surface area contributed by atoms with Crippen molar-refractivity contribution in [1.82, 2.24) is 10.2 Å². The van der Waals surface area contributed by atoms with Crippen molar-refractivity contribution in [2.45, 2.75) is 27.9 Å². The van der Waals surface area contributed by atoms with Crippen molar-refractivity contribution in [3.63, 3.8) is 0 Å². The number of halogens is 2. The monoisotopic (exact) mass is 294 g/mol. The number of allylic oxidation sites excluding steroid dienone is 1. The summed E-state index contributed by atoms with van der Waals surface area (Å²) in [5.41, 5.74) is 0. The zero-order valence-electron chi connectivity index (χ0n) is 9.07. The third kappa shape index (κ3) is 5.35. The fraction of sp³-hybridized carbons (Fsp3) is 0.600. The van der Waals surface area contributed by atoms with Crippen LogP contribution in [0.4, 0.5) is 8.78 Å². The molecule has 1 heterocycles. The molecule has 1 aliphatic rings. The van der Waals surface area contributed by atoms with E-state index in [9.17, 15) is 8.78 Å². The second-order valence-electron chi connectivity index (χ2n) is 3.72. The van der Waals surface area contributed by atoms with Crippen molar-refractivity contribution in [3.8, 4) is 0 Å². The number of hydrogen-bond donors (Lipinski definition) is 0. The maximum absolute atomic E-state index is 11.8. The van der Waals surface area contributed by atoms with Crippen LogP contribution in [0.3, 0.4) is 0 Å². The van der Waals surface area contributed by atoms with Crippen LogP contribution < -0.4 is 0 Å².